The van der Waals surface area contributed by atoms with Gasteiger partial charge in [0.15, 0.2) is 11.5 Å². The maximum atomic E-state index is 12.6. The van der Waals surface area contributed by atoms with E-state index in [-0.39, 0.29) is 5.91 Å². The summed E-state index contributed by atoms with van der Waals surface area (Å²) in [6.07, 6.45) is 2.10. The molecular weight excluding hydrogens is 354 g/mol. The SMILES string of the molecule is CCCCOc1ccc(NC(=O)c2cc(Cl)c(OC)c(OC)c2)c(C)c1. The van der Waals surface area contributed by atoms with Gasteiger partial charge in [0.05, 0.1) is 25.8 Å². The van der Waals surface area contributed by atoms with Crippen molar-refractivity contribution in [2.45, 2.75) is 26.7 Å². The third-order valence-electron chi connectivity index (χ3n) is 3.91. The van der Waals surface area contributed by atoms with Crippen LogP contribution in [0, 0.1) is 6.92 Å². The molecule has 1 N–H and O–H groups in total. The summed E-state index contributed by atoms with van der Waals surface area (Å²) in [7, 11) is 2.99. The molecule has 0 spiro atoms. The van der Waals surface area contributed by atoms with Gasteiger partial charge in [-0.25, -0.2) is 0 Å². The van der Waals surface area contributed by atoms with Gasteiger partial charge in [0, 0.05) is 11.3 Å². The molecule has 0 bridgehead atoms. The van der Waals surface area contributed by atoms with Crippen molar-refractivity contribution in [3.63, 3.8) is 0 Å². The Morgan fingerprint density at radius 3 is 2.54 bits per heavy atom. The van der Waals surface area contributed by atoms with Crippen molar-refractivity contribution in [2.24, 2.45) is 0 Å². The highest BCUT2D eigenvalue weighted by Gasteiger charge is 2.16. The van der Waals surface area contributed by atoms with E-state index in [9.17, 15) is 4.79 Å². The van der Waals surface area contributed by atoms with Gasteiger partial charge >= 0.3 is 0 Å². The molecule has 5 nitrogen and oxygen atoms in total. The van der Waals surface area contributed by atoms with E-state index >= 15 is 0 Å². The van der Waals surface area contributed by atoms with Crippen molar-refractivity contribution < 1.29 is 19.0 Å². The minimum absolute atomic E-state index is 0.282. The molecule has 1 amide bonds. The van der Waals surface area contributed by atoms with Crippen LogP contribution in [0.1, 0.15) is 35.7 Å². The van der Waals surface area contributed by atoms with Gasteiger partial charge in [-0.2, -0.15) is 0 Å². The molecule has 0 unspecified atom stereocenters. The van der Waals surface area contributed by atoms with E-state index in [0.717, 1.165) is 24.2 Å². The number of halogens is 1. The Bertz CT molecular complexity index is 777. The summed E-state index contributed by atoms with van der Waals surface area (Å²) in [6.45, 7) is 4.73. The Morgan fingerprint density at radius 2 is 1.92 bits per heavy atom. The molecule has 140 valence electrons. The molecule has 6 heteroatoms. The number of carbonyl (C=O) groups is 1. The molecule has 26 heavy (non-hydrogen) atoms. The van der Waals surface area contributed by atoms with Crippen LogP contribution in [0.2, 0.25) is 5.02 Å². The molecule has 0 aliphatic heterocycles. The van der Waals surface area contributed by atoms with Crippen molar-refractivity contribution in [3.8, 4) is 17.2 Å². The van der Waals surface area contributed by atoms with Crippen LogP contribution in [0.15, 0.2) is 30.3 Å². The number of nitrogens with one attached hydrogen (secondary N) is 1. The van der Waals surface area contributed by atoms with Gasteiger partial charge in [0.2, 0.25) is 0 Å². The van der Waals surface area contributed by atoms with Gasteiger partial charge in [0.1, 0.15) is 5.75 Å². The van der Waals surface area contributed by atoms with Crippen LogP contribution >= 0.6 is 11.6 Å². The summed E-state index contributed by atoms with van der Waals surface area (Å²) in [5, 5.41) is 3.20. The predicted molar refractivity (Wildman–Crippen MR) is 104 cm³/mol. The number of anilines is 1. The highest BCUT2D eigenvalue weighted by molar-refractivity contribution is 6.32. The van der Waals surface area contributed by atoms with Crippen LogP contribution in [0.4, 0.5) is 5.69 Å². The molecule has 2 aromatic carbocycles. The van der Waals surface area contributed by atoms with Gasteiger partial charge < -0.3 is 19.5 Å². The molecule has 0 radical (unpaired) electrons. The average Bonchev–Trinajstić information content (AvgIpc) is 2.63. The predicted octanol–water partition coefficient (Wildman–Crippen LogP) is 5.10. The average molecular weight is 378 g/mol. The minimum Gasteiger partial charge on any atom is -0.494 e. The Morgan fingerprint density at radius 1 is 1.15 bits per heavy atom. The lowest BCUT2D eigenvalue weighted by Gasteiger charge is -2.13. The first-order valence-corrected chi connectivity index (χ1v) is 8.84. The summed E-state index contributed by atoms with van der Waals surface area (Å²) >= 11 is 6.17. The van der Waals surface area contributed by atoms with Crippen molar-refractivity contribution in [1.29, 1.82) is 0 Å². The largest absolute Gasteiger partial charge is 0.494 e. The summed E-state index contributed by atoms with van der Waals surface area (Å²) < 4.78 is 16.1. The summed E-state index contributed by atoms with van der Waals surface area (Å²) in [5.41, 5.74) is 2.01. The van der Waals surface area contributed by atoms with Crippen molar-refractivity contribution in [2.75, 3.05) is 26.1 Å². The molecule has 0 saturated heterocycles. The number of rotatable bonds is 8. The number of unbranched alkanes of at least 4 members (excludes halogenated alkanes) is 1. The molecule has 0 aliphatic rings. The van der Waals surface area contributed by atoms with Crippen molar-refractivity contribution >= 4 is 23.2 Å². The van der Waals surface area contributed by atoms with E-state index in [1.807, 2.05) is 25.1 Å². The molecule has 0 fully saturated rings. The molecule has 0 atom stereocenters. The smallest absolute Gasteiger partial charge is 0.255 e. The van der Waals surface area contributed by atoms with E-state index in [1.54, 1.807) is 12.1 Å². The number of aryl methyl sites for hydroxylation is 1. The first kappa shape index (κ1) is 19.9. The zero-order chi connectivity index (χ0) is 19.1. The number of ether oxygens (including phenoxy) is 3. The number of benzene rings is 2. The second-order valence-corrected chi connectivity index (χ2v) is 6.23. The highest BCUT2D eigenvalue weighted by atomic mass is 35.5. The lowest BCUT2D eigenvalue weighted by atomic mass is 10.1. The number of hydrogen-bond donors (Lipinski definition) is 1. The first-order valence-electron chi connectivity index (χ1n) is 8.46. The standard InChI is InChI=1S/C20H24ClNO4/c1-5-6-9-26-15-7-8-17(13(2)10-15)22-20(23)14-11-16(21)19(25-4)18(12-14)24-3/h7-8,10-12H,5-6,9H2,1-4H3,(H,22,23). The molecule has 0 saturated carbocycles. The fourth-order valence-electron chi connectivity index (χ4n) is 2.44. The second kappa shape index (κ2) is 9.34. The second-order valence-electron chi connectivity index (χ2n) is 5.83. The molecule has 0 heterocycles. The minimum atomic E-state index is -0.282. The van der Waals surface area contributed by atoms with E-state index in [0.29, 0.717) is 34.4 Å². The fraction of sp³-hybridized carbons (Fsp3) is 0.350. The van der Waals surface area contributed by atoms with E-state index in [2.05, 4.69) is 12.2 Å². The molecule has 0 aliphatic carbocycles. The Hall–Kier alpha value is -2.40. The lowest BCUT2D eigenvalue weighted by Crippen LogP contribution is -2.13. The topological polar surface area (TPSA) is 56.8 Å². The molecular formula is C20H24ClNO4. The summed E-state index contributed by atoms with van der Waals surface area (Å²) in [4.78, 5) is 12.6. The van der Waals surface area contributed by atoms with Gasteiger partial charge in [-0.1, -0.05) is 24.9 Å². The van der Waals surface area contributed by atoms with Crippen LogP contribution in [0.25, 0.3) is 0 Å². The Balaban J connectivity index is 2.16. The number of amides is 1. The van der Waals surface area contributed by atoms with Crippen LogP contribution < -0.4 is 19.5 Å². The lowest BCUT2D eigenvalue weighted by molar-refractivity contribution is 0.102. The maximum Gasteiger partial charge on any atom is 0.255 e. The number of methoxy groups -OCH3 is 2. The van der Waals surface area contributed by atoms with Crippen LogP contribution in [0.5, 0.6) is 17.2 Å². The van der Waals surface area contributed by atoms with Crippen LogP contribution in [-0.2, 0) is 0 Å². The van der Waals surface area contributed by atoms with E-state index < -0.39 is 0 Å². The van der Waals surface area contributed by atoms with Crippen LogP contribution in [-0.4, -0.2) is 26.7 Å². The van der Waals surface area contributed by atoms with Crippen molar-refractivity contribution in [1.82, 2.24) is 0 Å². The normalized spacial score (nSPS) is 10.3. The zero-order valence-corrected chi connectivity index (χ0v) is 16.3. The Labute approximate surface area is 159 Å². The maximum absolute atomic E-state index is 12.6. The first-order chi connectivity index (χ1) is 12.5. The van der Waals surface area contributed by atoms with Crippen LogP contribution in [0.3, 0.4) is 0 Å². The summed E-state index contributed by atoms with van der Waals surface area (Å²) in [6, 6.07) is 8.73. The number of carbonyl (C=O) groups excluding carboxylic acids is 1. The molecule has 2 rings (SSSR count). The zero-order valence-electron chi connectivity index (χ0n) is 15.5. The third kappa shape index (κ3) is 4.82. The van der Waals surface area contributed by atoms with Crippen molar-refractivity contribution in [3.05, 3.63) is 46.5 Å². The van der Waals surface area contributed by atoms with Gasteiger partial charge in [0.25, 0.3) is 5.91 Å². The quantitative estimate of drug-likeness (QED) is 0.650. The Kier molecular flexibility index (Phi) is 7.16. The van der Waals surface area contributed by atoms with Gasteiger partial charge in [-0.3, -0.25) is 4.79 Å². The van der Waals surface area contributed by atoms with E-state index in [1.165, 1.54) is 14.2 Å². The number of hydrogen-bond acceptors (Lipinski definition) is 4. The van der Waals surface area contributed by atoms with E-state index in [4.69, 9.17) is 25.8 Å². The monoisotopic (exact) mass is 377 g/mol. The third-order valence-corrected chi connectivity index (χ3v) is 4.19. The highest BCUT2D eigenvalue weighted by Crippen LogP contribution is 2.36. The fourth-order valence-corrected chi connectivity index (χ4v) is 2.73. The summed E-state index contributed by atoms with van der Waals surface area (Å²) in [5.74, 6) is 1.32. The molecule has 0 aromatic heterocycles. The van der Waals surface area contributed by atoms with Gasteiger partial charge in [-0.05, 0) is 49.2 Å². The van der Waals surface area contributed by atoms with Gasteiger partial charge in [-0.15, -0.1) is 0 Å². The molecule has 2 aromatic rings.